The molecule has 0 N–H and O–H groups in total. The van der Waals surface area contributed by atoms with Crippen LogP contribution in [0.1, 0.15) is 12.8 Å². The van der Waals surface area contributed by atoms with E-state index >= 15 is 0 Å². The third-order valence-electron chi connectivity index (χ3n) is 1.88. The average Bonchev–Trinajstić information content (AvgIpc) is 2.32. The summed E-state index contributed by atoms with van der Waals surface area (Å²) in [4.78, 5) is 13.4. The van der Waals surface area contributed by atoms with Gasteiger partial charge >= 0.3 is 0 Å². The van der Waals surface area contributed by atoms with Crippen LogP contribution in [-0.4, -0.2) is 40.7 Å². The van der Waals surface area contributed by atoms with Crippen molar-refractivity contribution in [3.8, 4) is 0 Å². The third-order valence-corrected chi connectivity index (χ3v) is 3.33. The van der Waals surface area contributed by atoms with Crippen LogP contribution < -0.4 is 0 Å². The van der Waals surface area contributed by atoms with Gasteiger partial charge in [-0.2, -0.15) is 11.8 Å². The van der Waals surface area contributed by atoms with Crippen molar-refractivity contribution >= 4 is 33.6 Å². The molecule has 0 spiro atoms. The molecule has 0 saturated carbocycles. The molecule has 4 heteroatoms. The first-order valence-electron chi connectivity index (χ1n) is 4.26. The van der Waals surface area contributed by atoms with Crippen molar-refractivity contribution in [2.75, 3.05) is 29.9 Å². The molecule has 1 amide bonds. The summed E-state index contributed by atoms with van der Waals surface area (Å²) in [6.07, 6.45) is 1.79. The third kappa shape index (κ3) is 3.35. The highest BCUT2D eigenvalue weighted by atomic mass is 79.9. The van der Waals surface area contributed by atoms with Crippen molar-refractivity contribution in [2.24, 2.45) is 0 Å². The Balaban J connectivity index is 2.32. The van der Waals surface area contributed by atoms with Gasteiger partial charge in [-0.3, -0.25) is 4.79 Å². The van der Waals surface area contributed by atoms with Crippen molar-refractivity contribution in [1.29, 1.82) is 0 Å². The molecular weight excluding hydrogens is 238 g/mol. The van der Waals surface area contributed by atoms with Crippen LogP contribution in [0.5, 0.6) is 0 Å². The lowest BCUT2D eigenvalue weighted by Gasteiger charge is -2.19. The SMILES string of the molecule is O=C(CCBr)N1CCCSCC1. The fraction of sp³-hybridized carbons (Fsp3) is 0.875. The average molecular weight is 252 g/mol. The van der Waals surface area contributed by atoms with E-state index in [0.29, 0.717) is 12.3 Å². The molecule has 1 fully saturated rings. The van der Waals surface area contributed by atoms with Crippen LogP contribution in [0.2, 0.25) is 0 Å². The van der Waals surface area contributed by atoms with E-state index in [-0.39, 0.29) is 0 Å². The molecule has 0 aromatic carbocycles. The molecule has 0 atom stereocenters. The zero-order chi connectivity index (χ0) is 8.81. The van der Waals surface area contributed by atoms with Gasteiger partial charge in [-0.05, 0) is 12.2 Å². The van der Waals surface area contributed by atoms with Crippen LogP contribution in [0.25, 0.3) is 0 Å². The Kier molecular flexibility index (Phi) is 5.07. The number of amides is 1. The van der Waals surface area contributed by atoms with Gasteiger partial charge in [0.2, 0.25) is 5.91 Å². The predicted molar refractivity (Wildman–Crippen MR) is 56.9 cm³/mol. The fourth-order valence-electron chi connectivity index (χ4n) is 1.23. The predicted octanol–water partition coefficient (Wildman–Crippen LogP) is 1.74. The van der Waals surface area contributed by atoms with E-state index in [1.807, 2.05) is 16.7 Å². The molecule has 1 heterocycles. The van der Waals surface area contributed by atoms with E-state index in [4.69, 9.17) is 0 Å². The van der Waals surface area contributed by atoms with E-state index < -0.39 is 0 Å². The summed E-state index contributed by atoms with van der Waals surface area (Å²) in [6.45, 7) is 1.90. The molecule has 0 radical (unpaired) electrons. The van der Waals surface area contributed by atoms with Crippen LogP contribution in [0.15, 0.2) is 0 Å². The highest BCUT2D eigenvalue weighted by Crippen LogP contribution is 2.10. The Labute approximate surface area is 86.2 Å². The summed E-state index contributed by atoms with van der Waals surface area (Å²) in [7, 11) is 0. The number of carbonyl (C=O) groups is 1. The van der Waals surface area contributed by atoms with Crippen molar-refractivity contribution in [2.45, 2.75) is 12.8 Å². The second kappa shape index (κ2) is 5.86. The molecule has 1 aliphatic rings. The molecule has 70 valence electrons. The Morgan fingerprint density at radius 3 is 3.00 bits per heavy atom. The highest BCUT2D eigenvalue weighted by molar-refractivity contribution is 9.09. The fourth-order valence-corrected chi connectivity index (χ4v) is 2.46. The Morgan fingerprint density at radius 1 is 1.42 bits per heavy atom. The summed E-state index contributed by atoms with van der Waals surface area (Å²) >= 11 is 5.23. The van der Waals surface area contributed by atoms with Crippen LogP contribution in [-0.2, 0) is 4.79 Å². The molecule has 1 aliphatic heterocycles. The lowest BCUT2D eigenvalue weighted by atomic mass is 10.3. The molecule has 0 bridgehead atoms. The summed E-state index contributed by atoms with van der Waals surface area (Å²) in [6, 6.07) is 0. The normalized spacial score (nSPS) is 18.9. The van der Waals surface area contributed by atoms with Gasteiger partial charge in [0, 0.05) is 30.6 Å². The van der Waals surface area contributed by atoms with Crippen molar-refractivity contribution in [3.63, 3.8) is 0 Å². The minimum absolute atomic E-state index is 0.300. The molecule has 2 nitrogen and oxygen atoms in total. The lowest BCUT2D eigenvalue weighted by Crippen LogP contribution is -2.32. The summed E-state index contributed by atoms with van der Waals surface area (Å²) in [5.41, 5.74) is 0. The molecule has 0 aromatic heterocycles. The molecular formula is C8H14BrNOS. The van der Waals surface area contributed by atoms with Gasteiger partial charge in [-0.25, -0.2) is 0 Å². The largest absolute Gasteiger partial charge is 0.342 e. The van der Waals surface area contributed by atoms with Crippen LogP contribution in [0, 0.1) is 0 Å². The Morgan fingerprint density at radius 2 is 2.25 bits per heavy atom. The van der Waals surface area contributed by atoms with Gasteiger partial charge in [0.25, 0.3) is 0 Å². The number of thioether (sulfide) groups is 1. The maximum atomic E-state index is 11.4. The minimum Gasteiger partial charge on any atom is -0.342 e. The van der Waals surface area contributed by atoms with E-state index in [1.165, 1.54) is 5.75 Å². The first-order chi connectivity index (χ1) is 5.84. The lowest BCUT2D eigenvalue weighted by molar-refractivity contribution is -0.130. The van der Waals surface area contributed by atoms with Crippen molar-refractivity contribution in [1.82, 2.24) is 4.90 Å². The number of hydrogen-bond acceptors (Lipinski definition) is 2. The van der Waals surface area contributed by atoms with Gasteiger partial charge in [0.1, 0.15) is 0 Å². The number of carbonyl (C=O) groups excluding carboxylic acids is 1. The second-order valence-corrected chi connectivity index (χ2v) is 4.80. The number of nitrogens with zero attached hydrogens (tertiary/aromatic N) is 1. The minimum atomic E-state index is 0.300. The number of halogens is 1. The van der Waals surface area contributed by atoms with E-state index in [1.54, 1.807) is 0 Å². The van der Waals surface area contributed by atoms with Gasteiger partial charge in [0.15, 0.2) is 0 Å². The topological polar surface area (TPSA) is 20.3 Å². The Bertz CT molecular complexity index is 146. The standard InChI is InChI=1S/C8H14BrNOS/c9-3-2-8(11)10-4-1-6-12-7-5-10/h1-7H2. The molecule has 0 unspecified atom stereocenters. The zero-order valence-electron chi connectivity index (χ0n) is 7.09. The van der Waals surface area contributed by atoms with E-state index in [9.17, 15) is 4.79 Å². The summed E-state index contributed by atoms with van der Waals surface area (Å²) in [5, 5.41) is 0.787. The molecule has 1 saturated heterocycles. The van der Waals surface area contributed by atoms with Gasteiger partial charge < -0.3 is 4.90 Å². The van der Waals surface area contributed by atoms with E-state index in [0.717, 1.165) is 30.6 Å². The molecule has 1 rings (SSSR count). The van der Waals surface area contributed by atoms with Crippen LogP contribution >= 0.6 is 27.7 Å². The van der Waals surface area contributed by atoms with Crippen molar-refractivity contribution < 1.29 is 4.79 Å². The molecule has 12 heavy (non-hydrogen) atoms. The summed E-state index contributed by atoms with van der Waals surface area (Å²) < 4.78 is 0. The van der Waals surface area contributed by atoms with Crippen LogP contribution in [0.3, 0.4) is 0 Å². The van der Waals surface area contributed by atoms with Gasteiger partial charge in [-0.1, -0.05) is 15.9 Å². The monoisotopic (exact) mass is 251 g/mol. The smallest absolute Gasteiger partial charge is 0.223 e. The first kappa shape index (κ1) is 10.4. The second-order valence-electron chi connectivity index (χ2n) is 2.79. The zero-order valence-corrected chi connectivity index (χ0v) is 9.49. The number of hydrogen-bond donors (Lipinski definition) is 0. The van der Waals surface area contributed by atoms with Crippen LogP contribution in [0.4, 0.5) is 0 Å². The van der Waals surface area contributed by atoms with Gasteiger partial charge in [-0.15, -0.1) is 0 Å². The molecule has 0 aliphatic carbocycles. The number of rotatable bonds is 2. The highest BCUT2D eigenvalue weighted by Gasteiger charge is 2.13. The van der Waals surface area contributed by atoms with Crippen molar-refractivity contribution in [3.05, 3.63) is 0 Å². The quantitative estimate of drug-likeness (QED) is 0.698. The first-order valence-corrected chi connectivity index (χ1v) is 6.53. The maximum absolute atomic E-state index is 11.4. The number of alkyl halides is 1. The molecule has 0 aromatic rings. The Hall–Kier alpha value is 0.300. The maximum Gasteiger partial charge on any atom is 0.223 e. The van der Waals surface area contributed by atoms with E-state index in [2.05, 4.69) is 15.9 Å². The summed E-state index contributed by atoms with van der Waals surface area (Å²) in [5.74, 6) is 2.61. The van der Waals surface area contributed by atoms with Gasteiger partial charge in [0.05, 0.1) is 0 Å².